The summed E-state index contributed by atoms with van der Waals surface area (Å²) in [5.41, 5.74) is 0.319. The Hall–Kier alpha value is -3.72. The fourth-order valence-corrected chi connectivity index (χ4v) is 3.40. The number of carbonyl (C=O) groups excluding carboxylic acids is 3. The van der Waals surface area contributed by atoms with E-state index in [9.17, 15) is 14.4 Å². The van der Waals surface area contributed by atoms with Crippen LogP contribution in [0.3, 0.4) is 0 Å². The van der Waals surface area contributed by atoms with Crippen molar-refractivity contribution >= 4 is 41.2 Å². The van der Waals surface area contributed by atoms with Gasteiger partial charge in [0.05, 0.1) is 38.6 Å². The molecule has 0 spiro atoms. The molecule has 1 saturated heterocycles. The molecular formula is C23H23ClN2O7. The molecule has 0 aliphatic carbocycles. The van der Waals surface area contributed by atoms with E-state index in [-0.39, 0.29) is 27.8 Å². The number of urea groups is 1. The van der Waals surface area contributed by atoms with Gasteiger partial charge in [-0.3, -0.25) is 14.9 Å². The predicted molar refractivity (Wildman–Crippen MR) is 122 cm³/mol. The summed E-state index contributed by atoms with van der Waals surface area (Å²) in [6.45, 7) is 2.50. The molecule has 1 heterocycles. The van der Waals surface area contributed by atoms with Crippen LogP contribution in [0.1, 0.15) is 18.9 Å². The molecule has 1 aliphatic rings. The third-order valence-electron chi connectivity index (χ3n) is 4.76. The largest absolute Gasteiger partial charge is 0.495 e. The van der Waals surface area contributed by atoms with E-state index in [1.807, 2.05) is 6.92 Å². The van der Waals surface area contributed by atoms with Crippen molar-refractivity contribution in [2.45, 2.75) is 13.3 Å². The van der Waals surface area contributed by atoms with Crippen molar-refractivity contribution in [1.82, 2.24) is 5.32 Å². The quantitative estimate of drug-likeness (QED) is 0.458. The summed E-state index contributed by atoms with van der Waals surface area (Å²) >= 11 is 6.13. The Bertz CT molecular complexity index is 1130. The van der Waals surface area contributed by atoms with E-state index in [4.69, 9.17) is 30.5 Å². The number of hydrogen-bond acceptors (Lipinski definition) is 7. The minimum Gasteiger partial charge on any atom is -0.495 e. The number of benzene rings is 2. The highest BCUT2D eigenvalue weighted by atomic mass is 35.5. The Morgan fingerprint density at radius 1 is 0.939 bits per heavy atom. The summed E-state index contributed by atoms with van der Waals surface area (Å²) in [7, 11) is 4.25. The van der Waals surface area contributed by atoms with Crippen LogP contribution in [0.15, 0.2) is 35.9 Å². The third-order valence-corrected chi connectivity index (χ3v) is 5.05. The zero-order chi connectivity index (χ0) is 24.1. The van der Waals surface area contributed by atoms with Crippen molar-refractivity contribution < 1.29 is 33.3 Å². The van der Waals surface area contributed by atoms with E-state index < -0.39 is 17.8 Å². The first kappa shape index (κ1) is 23.9. The molecule has 174 valence electrons. The average molecular weight is 475 g/mol. The second-order valence-corrected chi connectivity index (χ2v) is 7.28. The molecule has 1 aliphatic heterocycles. The lowest BCUT2D eigenvalue weighted by atomic mass is 10.1. The summed E-state index contributed by atoms with van der Waals surface area (Å²) in [5.74, 6) is -0.308. The standard InChI is InChI=1S/C23H23ClN2O7/c1-5-8-33-17-7-6-13(10-20(17)32-4)9-14-21(27)25-23(29)26(22(14)28)16-12-18(30-2)15(24)11-19(16)31-3/h6-7,9-12H,5,8H2,1-4H3,(H,25,27,29)/b14-9-. The molecule has 0 bridgehead atoms. The number of ether oxygens (including phenoxy) is 4. The number of rotatable bonds is 8. The Kier molecular flexibility index (Phi) is 7.44. The van der Waals surface area contributed by atoms with Gasteiger partial charge in [0.2, 0.25) is 0 Å². The third kappa shape index (κ3) is 4.88. The average Bonchev–Trinajstić information content (AvgIpc) is 2.81. The van der Waals surface area contributed by atoms with Gasteiger partial charge >= 0.3 is 6.03 Å². The number of anilines is 1. The second-order valence-electron chi connectivity index (χ2n) is 6.88. The topological polar surface area (TPSA) is 103 Å². The van der Waals surface area contributed by atoms with Crippen molar-refractivity contribution in [3.63, 3.8) is 0 Å². The molecule has 0 unspecified atom stereocenters. The molecule has 0 saturated carbocycles. The number of methoxy groups -OCH3 is 3. The molecule has 3 rings (SSSR count). The lowest BCUT2D eigenvalue weighted by Gasteiger charge is -2.28. The van der Waals surface area contributed by atoms with Gasteiger partial charge in [-0.2, -0.15) is 0 Å². The van der Waals surface area contributed by atoms with Crippen molar-refractivity contribution in [3.05, 3.63) is 46.5 Å². The zero-order valence-corrected chi connectivity index (χ0v) is 19.3. The first-order chi connectivity index (χ1) is 15.8. The first-order valence-corrected chi connectivity index (χ1v) is 10.4. The molecule has 2 aromatic carbocycles. The molecule has 2 aromatic rings. The Morgan fingerprint density at radius 3 is 2.27 bits per heavy atom. The van der Waals surface area contributed by atoms with Crippen LogP contribution in [0.5, 0.6) is 23.0 Å². The SMILES string of the molecule is CCCOc1ccc(/C=C2/C(=O)NC(=O)N(c3cc(OC)c(Cl)cc3OC)C2=O)cc1OC. The molecule has 0 radical (unpaired) electrons. The highest BCUT2D eigenvalue weighted by molar-refractivity contribution is 6.39. The van der Waals surface area contributed by atoms with Gasteiger partial charge in [-0.1, -0.05) is 24.6 Å². The maximum Gasteiger partial charge on any atom is 0.336 e. The van der Waals surface area contributed by atoms with Crippen molar-refractivity contribution in [3.8, 4) is 23.0 Å². The first-order valence-electron chi connectivity index (χ1n) is 9.98. The number of hydrogen-bond donors (Lipinski definition) is 1. The molecule has 0 atom stereocenters. The molecule has 33 heavy (non-hydrogen) atoms. The number of nitrogens with zero attached hydrogens (tertiary/aromatic N) is 1. The number of nitrogens with one attached hydrogen (secondary N) is 1. The highest BCUT2D eigenvalue weighted by Gasteiger charge is 2.38. The van der Waals surface area contributed by atoms with Crippen molar-refractivity contribution in [1.29, 1.82) is 0 Å². The Labute approximate surface area is 195 Å². The number of amides is 4. The molecule has 9 nitrogen and oxygen atoms in total. The van der Waals surface area contributed by atoms with Crippen LogP contribution in [0, 0.1) is 0 Å². The molecule has 4 amide bonds. The van der Waals surface area contributed by atoms with Gasteiger partial charge in [-0.25, -0.2) is 9.69 Å². The van der Waals surface area contributed by atoms with E-state index in [0.29, 0.717) is 23.7 Å². The summed E-state index contributed by atoms with van der Waals surface area (Å²) in [5, 5.41) is 2.40. The van der Waals surface area contributed by atoms with Crippen molar-refractivity contribution in [2.24, 2.45) is 0 Å². The highest BCUT2D eigenvalue weighted by Crippen LogP contribution is 2.39. The Balaban J connectivity index is 2.04. The van der Waals surface area contributed by atoms with Gasteiger partial charge in [0.25, 0.3) is 11.8 Å². The maximum absolute atomic E-state index is 13.3. The molecular weight excluding hydrogens is 452 g/mol. The second kappa shape index (κ2) is 10.3. The lowest BCUT2D eigenvalue weighted by molar-refractivity contribution is -0.122. The Morgan fingerprint density at radius 2 is 1.64 bits per heavy atom. The zero-order valence-electron chi connectivity index (χ0n) is 18.6. The predicted octanol–water partition coefficient (Wildman–Crippen LogP) is 3.82. The maximum atomic E-state index is 13.3. The monoisotopic (exact) mass is 474 g/mol. The van der Waals surface area contributed by atoms with E-state index in [2.05, 4.69) is 5.32 Å². The van der Waals surface area contributed by atoms with Gasteiger partial charge in [0.15, 0.2) is 11.5 Å². The fourth-order valence-electron chi connectivity index (χ4n) is 3.17. The van der Waals surface area contributed by atoms with Crippen LogP contribution < -0.4 is 29.2 Å². The molecule has 0 aromatic heterocycles. The van der Waals surface area contributed by atoms with Crippen LogP contribution in [0.4, 0.5) is 10.5 Å². The minimum absolute atomic E-state index is 0.0699. The lowest BCUT2D eigenvalue weighted by Crippen LogP contribution is -2.54. The van der Waals surface area contributed by atoms with Gasteiger partial charge in [-0.05, 0) is 30.2 Å². The summed E-state index contributed by atoms with van der Waals surface area (Å²) < 4.78 is 21.5. The smallest absolute Gasteiger partial charge is 0.336 e. The molecule has 1 fully saturated rings. The van der Waals surface area contributed by atoms with Gasteiger partial charge < -0.3 is 18.9 Å². The van der Waals surface area contributed by atoms with Crippen LogP contribution in [-0.2, 0) is 9.59 Å². The van der Waals surface area contributed by atoms with Gasteiger partial charge in [0.1, 0.15) is 17.1 Å². The number of barbiturate groups is 1. The van der Waals surface area contributed by atoms with E-state index in [1.165, 1.54) is 39.5 Å². The van der Waals surface area contributed by atoms with E-state index >= 15 is 0 Å². The van der Waals surface area contributed by atoms with Crippen LogP contribution >= 0.6 is 11.6 Å². The number of carbonyl (C=O) groups is 3. The van der Waals surface area contributed by atoms with Gasteiger partial charge in [-0.15, -0.1) is 0 Å². The van der Waals surface area contributed by atoms with Gasteiger partial charge in [0, 0.05) is 12.1 Å². The summed E-state index contributed by atoms with van der Waals surface area (Å²) in [6, 6.07) is 6.86. The van der Waals surface area contributed by atoms with Crippen molar-refractivity contribution in [2.75, 3.05) is 32.8 Å². The summed E-state index contributed by atoms with van der Waals surface area (Å²) in [4.78, 5) is 39.2. The van der Waals surface area contributed by atoms with Crippen LogP contribution in [0.25, 0.3) is 6.08 Å². The molecule has 1 N–H and O–H groups in total. The van der Waals surface area contributed by atoms with E-state index in [0.717, 1.165) is 11.3 Å². The normalized spacial score (nSPS) is 14.9. The number of halogens is 1. The van der Waals surface area contributed by atoms with Crippen LogP contribution in [-0.4, -0.2) is 45.8 Å². The fraction of sp³-hybridized carbons (Fsp3) is 0.261. The number of imide groups is 2. The van der Waals surface area contributed by atoms with E-state index in [1.54, 1.807) is 18.2 Å². The molecule has 10 heteroatoms. The minimum atomic E-state index is -0.925. The van der Waals surface area contributed by atoms with Crippen LogP contribution in [0.2, 0.25) is 5.02 Å². The summed E-state index contributed by atoms with van der Waals surface area (Å²) in [6.07, 6.45) is 2.19.